The van der Waals surface area contributed by atoms with E-state index in [0.29, 0.717) is 5.89 Å². The highest BCUT2D eigenvalue weighted by Gasteiger charge is 2.48. The van der Waals surface area contributed by atoms with E-state index in [4.69, 9.17) is 13.8 Å². The maximum atomic E-state index is 7.38. The summed E-state index contributed by atoms with van der Waals surface area (Å²) in [5.41, 5.74) is 23.9. The van der Waals surface area contributed by atoms with Crippen LogP contribution in [0.5, 0.6) is 0 Å². The van der Waals surface area contributed by atoms with Crippen LogP contribution in [0.15, 0.2) is 148 Å². The van der Waals surface area contributed by atoms with Crippen LogP contribution < -0.4 is 15.7 Å². The molecule has 0 unspecified atom stereocenters. The number of benzene rings is 8. The number of oxazole rings is 1. The number of hydrogen-bond donors (Lipinski definition) is 0. The lowest BCUT2D eigenvalue weighted by Crippen LogP contribution is -2.60. The summed E-state index contributed by atoms with van der Waals surface area (Å²) < 4.78 is 16.7. The molecule has 5 nitrogen and oxygen atoms in total. The first-order chi connectivity index (χ1) is 33.4. The molecule has 11 aromatic rings. The van der Waals surface area contributed by atoms with E-state index in [1.807, 2.05) is 18.2 Å². The smallest absolute Gasteiger partial charge is 0.333 e. The van der Waals surface area contributed by atoms with Crippen LogP contribution in [0.25, 0.3) is 94.2 Å². The predicted octanol–water partition coefficient (Wildman–Crippen LogP) is 15.9. The molecule has 0 atom stereocenters. The highest BCUT2D eigenvalue weighted by molar-refractivity contribution is 6.94. The zero-order valence-corrected chi connectivity index (χ0v) is 42.0. The van der Waals surface area contributed by atoms with Crippen LogP contribution in [0, 0.1) is 0 Å². The molecule has 0 saturated heterocycles. The fourth-order valence-electron chi connectivity index (χ4n) is 12.5. The molecule has 0 amide bonds. The van der Waals surface area contributed by atoms with Gasteiger partial charge in [-0.15, -0.1) is 0 Å². The van der Waals surface area contributed by atoms with E-state index in [1.54, 1.807) is 0 Å². The summed E-state index contributed by atoms with van der Waals surface area (Å²) in [4.78, 5) is 7.90. The fraction of sp³-hybridized carbons (Fsp3) is 0.234. The van der Waals surface area contributed by atoms with Crippen molar-refractivity contribution in [2.24, 2.45) is 0 Å². The van der Waals surface area contributed by atoms with Crippen molar-refractivity contribution in [2.75, 3.05) is 4.81 Å². The number of fused-ring (bicyclic) bond motifs is 17. The second kappa shape index (κ2) is 13.5. The second-order valence-electron chi connectivity index (χ2n) is 24.0. The van der Waals surface area contributed by atoms with Crippen molar-refractivity contribution in [1.29, 1.82) is 0 Å². The molecule has 5 heterocycles. The van der Waals surface area contributed by atoms with Gasteiger partial charge in [0, 0.05) is 66.8 Å². The van der Waals surface area contributed by atoms with Gasteiger partial charge in [0.05, 0.1) is 11.0 Å². The number of furan rings is 1. The molecule has 2 aliphatic heterocycles. The van der Waals surface area contributed by atoms with Crippen molar-refractivity contribution in [1.82, 2.24) is 9.55 Å². The summed E-state index contributed by atoms with van der Waals surface area (Å²) >= 11 is 0. The van der Waals surface area contributed by atoms with Crippen LogP contribution in [-0.4, -0.2) is 16.4 Å². The molecule has 0 radical (unpaired) electrons. The number of para-hydroxylation sites is 1. The minimum Gasteiger partial charge on any atom is -0.455 e. The summed E-state index contributed by atoms with van der Waals surface area (Å²) in [7, 11) is 0. The van der Waals surface area contributed by atoms with Gasteiger partial charge in [-0.3, -0.25) is 0 Å². The molecule has 1 aliphatic carbocycles. The van der Waals surface area contributed by atoms with E-state index >= 15 is 0 Å². The minimum absolute atomic E-state index is 0.00861. The Labute approximate surface area is 409 Å². The van der Waals surface area contributed by atoms with Crippen LogP contribution in [0.4, 0.5) is 11.4 Å². The highest BCUT2D eigenvalue weighted by atomic mass is 16.3. The van der Waals surface area contributed by atoms with Crippen molar-refractivity contribution in [3.8, 4) is 39.4 Å². The molecule has 3 aromatic heterocycles. The van der Waals surface area contributed by atoms with Crippen LogP contribution in [0.2, 0.25) is 0 Å². The van der Waals surface area contributed by atoms with E-state index in [0.717, 1.165) is 50.1 Å². The molecule has 0 spiro atoms. The van der Waals surface area contributed by atoms with E-state index in [9.17, 15) is 0 Å². The largest absolute Gasteiger partial charge is 0.455 e. The van der Waals surface area contributed by atoms with Gasteiger partial charge in [-0.25, -0.2) is 4.98 Å². The van der Waals surface area contributed by atoms with Gasteiger partial charge in [0.15, 0.2) is 5.58 Å². The second-order valence-corrected chi connectivity index (χ2v) is 24.0. The monoisotopic (exact) mass is 909 g/mol. The topological polar surface area (TPSA) is 47.3 Å². The maximum Gasteiger partial charge on any atom is 0.333 e. The number of aromatic nitrogens is 2. The van der Waals surface area contributed by atoms with Crippen LogP contribution in [0.1, 0.15) is 104 Å². The Kier molecular flexibility index (Phi) is 8.04. The summed E-state index contributed by atoms with van der Waals surface area (Å²) in [6.07, 6.45) is 0. The quantitative estimate of drug-likeness (QED) is 0.162. The standard InChI is InChI=1S/C64H56BN3O2/c1-61(2,3)36-21-25-39(26-22-36)68-50-32-42-40-27-23-38(63(7,8)9)30-45(40)64(10,11)46(42)31-44(50)56-57-58-54(55-41-19-15-16-20-52(41)69-59(55)56)43-29-37(62(4,5)6)24-28-49(43)67(58)51-34-53-48(33-47(51)65(57)68)66-60(70-53)35-17-13-12-14-18-35/h12-34H,1-11H3. The van der Waals surface area contributed by atoms with Gasteiger partial charge in [0.1, 0.15) is 16.7 Å². The number of rotatable bonds is 2. The predicted molar refractivity (Wildman–Crippen MR) is 294 cm³/mol. The molecule has 342 valence electrons. The minimum atomic E-state index is -0.256. The van der Waals surface area contributed by atoms with Gasteiger partial charge in [-0.1, -0.05) is 149 Å². The van der Waals surface area contributed by atoms with Crippen molar-refractivity contribution < 1.29 is 8.83 Å². The zero-order valence-electron chi connectivity index (χ0n) is 42.0. The molecule has 8 aromatic carbocycles. The van der Waals surface area contributed by atoms with Crippen molar-refractivity contribution in [2.45, 2.75) is 97.8 Å². The Bertz CT molecular complexity index is 4090. The normalized spacial score (nSPS) is 14.8. The first-order valence-electron chi connectivity index (χ1n) is 25.1. The molecule has 0 saturated carbocycles. The van der Waals surface area contributed by atoms with E-state index in [2.05, 4.69) is 207 Å². The number of hydrogen-bond acceptors (Lipinski definition) is 4. The summed E-state index contributed by atoms with van der Waals surface area (Å²) in [5, 5.41) is 4.75. The van der Waals surface area contributed by atoms with E-state index < -0.39 is 0 Å². The fourth-order valence-corrected chi connectivity index (χ4v) is 12.5. The van der Waals surface area contributed by atoms with Crippen molar-refractivity contribution in [3.63, 3.8) is 0 Å². The number of anilines is 2. The summed E-state index contributed by atoms with van der Waals surface area (Å²) in [5.74, 6) is 0.618. The number of nitrogens with zero attached hydrogens (tertiary/aromatic N) is 3. The first kappa shape index (κ1) is 41.6. The third-order valence-electron chi connectivity index (χ3n) is 16.3. The molecule has 0 bridgehead atoms. The van der Waals surface area contributed by atoms with Gasteiger partial charge in [0.25, 0.3) is 0 Å². The molecule has 6 heteroatoms. The molecule has 3 aliphatic rings. The summed E-state index contributed by atoms with van der Waals surface area (Å²) in [6, 6.07) is 52.4. The Hall–Kier alpha value is -7.31. The van der Waals surface area contributed by atoms with Crippen molar-refractivity contribution >= 4 is 84.0 Å². The SMILES string of the molecule is CC(C)(C)c1ccc(N2B3c4cc5nc(-c6ccccc6)oc5cc4-n4c5ccc(C(C)(C)C)cc5c5c6c(oc7ccccc76)c(c3c54)-c3cc4c(cc32)-c2ccc(C(C)(C)C)cc2C4(C)C)cc1. The van der Waals surface area contributed by atoms with Crippen LogP contribution in [-0.2, 0) is 21.7 Å². The van der Waals surface area contributed by atoms with E-state index in [-0.39, 0.29) is 28.5 Å². The average Bonchev–Trinajstić information content (AvgIpc) is 4.08. The van der Waals surface area contributed by atoms with Crippen LogP contribution in [0.3, 0.4) is 0 Å². The first-order valence-corrected chi connectivity index (χ1v) is 25.1. The lowest BCUT2D eigenvalue weighted by Gasteiger charge is -2.42. The average molecular weight is 910 g/mol. The van der Waals surface area contributed by atoms with Gasteiger partial charge >= 0.3 is 6.85 Å². The molecule has 70 heavy (non-hydrogen) atoms. The molecule has 0 N–H and O–H groups in total. The lowest BCUT2D eigenvalue weighted by atomic mass is 9.43. The van der Waals surface area contributed by atoms with Gasteiger partial charge < -0.3 is 18.2 Å². The molecule has 0 fully saturated rings. The third kappa shape index (κ3) is 5.53. The Morgan fingerprint density at radius 1 is 0.543 bits per heavy atom. The maximum absolute atomic E-state index is 7.38. The highest BCUT2D eigenvalue weighted by Crippen LogP contribution is 2.57. The zero-order chi connectivity index (χ0) is 48.1. The summed E-state index contributed by atoms with van der Waals surface area (Å²) in [6.45, 7) is 25.4. The van der Waals surface area contributed by atoms with E-state index in [1.165, 1.54) is 88.4 Å². The molecule has 14 rings (SSSR count). The Balaban J connectivity index is 1.18. The third-order valence-corrected chi connectivity index (χ3v) is 16.3. The molecular weight excluding hydrogens is 854 g/mol. The van der Waals surface area contributed by atoms with Crippen molar-refractivity contribution in [3.05, 3.63) is 167 Å². The van der Waals surface area contributed by atoms with Gasteiger partial charge in [0.2, 0.25) is 5.89 Å². The van der Waals surface area contributed by atoms with Gasteiger partial charge in [-0.05, 0) is 127 Å². The molecular formula is C64H56BN3O2. The van der Waals surface area contributed by atoms with Crippen LogP contribution >= 0.6 is 0 Å². The Morgan fingerprint density at radius 3 is 1.96 bits per heavy atom. The Morgan fingerprint density at radius 2 is 1.21 bits per heavy atom. The lowest BCUT2D eigenvalue weighted by molar-refractivity contribution is 0.584. The van der Waals surface area contributed by atoms with Gasteiger partial charge in [-0.2, -0.15) is 0 Å².